The van der Waals surface area contributed by atoms with Crippen LogP contribution in [0.15, 0.2) is 77.2 Å². The number of nitrogens with zero attached hydrogens (tertiary/aromatic N) is 2. The molecule has 0 bridgehead atoms. The van der Waals surface area contributed by atoms with Crippen molar-refractivity contribution < 1.29 is 32.3 Å². The van der Waals surface area contributed by atoms with Gasteiger partial charge in [0.05, 0.1) is 28.8 Å². The normalized spacial score (nSPS) is 11.4. The number of esters is 1. The van der Waals surface area contributed by atoms with E-state index in [4.69, 9.17) is 4.74 Å². The number of hydrazone groups is 1. The van der Waals surface area contributed by atoms with Gasteiger partial charge in [0.15, 0.2) is 12.4 Å². The van der Waals surface area contributed by atoms with Crippen molar-refractivity contribution in [3.63, 3.8) is 0 Å². The van der Waals surface area contributed by atoms with Gasteiger partial charge in [-0.3, -0.25) is 14.4 Å². The van der Waals surface area contributed by atoms with E-state index in [0.717, 1.165) is 23.2 Å². The van der Waals surface area contributed by atoms with Crippen LogP contribution in [-0.2, 0) is 20.5 Å². The molecule has 0 unspecified atom stereocenters. The standard InChI is InChI=1S/C24H19F3N2O4S/c25-24(26,27)18-8-4-9-19(14-18)29(28-15-17-6-2-1-3-7-17)22(31)16-33-23(32)12-11-20(30)21-10-5-13-34-21/h1-10,13-15H,11-12,16H2. The summed E-state index contributed by atoms with van der Waals surface area (Å²) in [6.07, 6.45) is -3.63. The summed E-state index contributed by atoms with van der Waals surface area (Å²) < 4.78 is 44.4. The third-order valence-electron chi connectivity index (χ3n) is 4.48. The lowest BCUT2D eigenvalue weighted by atomic mass is 10.2. The highest BCUT2D eigenvalue weighted by molar-refractivity contribution is 7.12. The van der Waals surface area contributed by atoms with Crippen LogP contribution < -0.4 is 5.01 Å². The first kappa shape index (κ1) is 24.8. The van der Waals surface area contributed by atoms with Gasteiger partial charge in [-0.25, -0.2) is 0 Å². The molecule has 0 aliphatic carbocycles. The molecule has 0 fully saturated rings. The van der Waals surface area contributed by atoms with Gasteiger partial charge in [-0.05, 0) is 35.2 Å². The predicted octanol–water partition coefficient (Wildman–Crippen LogP) is 5.34. The van der Waals surface area contributed by atoms with Crippen molar-refractivity contribution in [2.24, 2.45) is 5.10 Å². The molecular weight excluding hydrogens is 469 g/mol. The van der Waals surface area contributed by atoms with Gasteiger partial charge in [0.1, 0.15) is 0 Å². The second-order valence-corrected chi connectivity index (χ2v) is 7.92. The first-order chi connectivity index (χ1) is 16.2. The second kappa shape index (κ2) is 11.4. The molecule has 0 aliphatic rings. The fourth-order valence-corrected chi connectivity index (χ4v) is 3.50. The zero-order valence-corrected chi connectivity index (χ0v) is 18.5. The Hall–Kier alpha value is -3.79. The Bertz CT molecular complexity index is 1160. The fourth-order valence-electron chi connectivity index (χ4n) is 2.80. The number of ether oxygens (including phenoxy) is 1. The smallest absolute Gasteiger partial charge is 0.416 e. The summed E-state index contributed by atoms with van der Waals surface area (Å²) in [5.74, 6) is -1.87. The summed E-state index contributed by atoms with van der Waals surface area (Å²) in [4.78, 5) is 37.3. The van der Waals surface area contributed by atoms with Crippen LogP contribution in [0, 0.1) is 0 Å². The number of alkyl halides is 3. The number of carbonyl (C=O) groups excluding carboxylic acids is 3. The summed E-state index contributed by atoms with van der Waals surface area (Å²) in [6.45, 7) is -0.756. The lowest BCUT2D eigenvalue weighted by Gasteiger charge is -2.18. The number of amides is 1. The molecule has 0 saturated heterocycles. The number of rotatable bonds is 9. The summed E-state index contributed by atoms with van der Waals surface area (Å²) in [7, 11) is 0. The van der Waals surface area contributed by atoms with Gasteiger partial charge in [-0.15, -0.1) is 11.3 Å². The van der Waals surface area contributed by atoms with E-state index in [2.05, 4.69) is 5.10 Å². The van der Waals surface area contributed by atoms with Gasteiger partial charge < -0.3 is 4.74 Å². The molecule has 10 heteroatoms. The van der Waals surface area contributed by atoms with Crippen LogP contribution >= 0.6 is 11.3 Å². The molecule has 3 aromatic rings. The van der Waals surface area contributed by atoms with Crippen LogP contribution in [-0.4, -0.2) is 30.5 Å². The number of hydrogen-bond donors (Lipinski definition) is 0. The van der Waals surface area contributed by atoms with Crippen LogP contribution in [0.1, 0.15) is 33.6 Å². The first-order valence-corrected chi connectivity index (χ1v) is 10.9. The third kappa shape index (κ3) is 7.11. The van der Waals surface area contributed by atoms with E-state index in [1.807, 2.05) is 0 Å². The monoisotopic (exact) mass is 488 g/mol. The summed E-state index contributed by atoms with van der Waals surface area (Å²) >= 11 is 1.25. The molecule has 0 aliphatic heterocycles. The molecule has 0 N–H and O–H groups in total. The van der Waals surface area contributed by atoms with Crippen LogP contribution in [0.2, 0.25) is 0 Å². The Morgan fingerprint density at radius 1 is 0.971 bits per heavy atom. The van der Waals surface area contributed by atoms with Gasteiger partial charge in [-0.2, -0.15) is 23.3 Å². The molecule has 6 nitrogen and oxygen atoms in total. The van der Waals surface area contributed by atoms with Crippen LogP contribution in [0.3, 0.4) is 0 Å². The van der Waals surface area contributed by atoms with Gasteiger partial charge in [0.25, 0.3) is 5.91 Å². The highest BCUT2D eigenvalue weighted by Crippen LogP contribution is 2.31. The highest BCUT2D eigenvalue weighted by Gasteiger charge is 2.31. The Kier molecular flexibility index (Phi) is 8.31. The molecule has 2 aromatic carbocycles. The number of anilines is 1. The molecule has 1 aromatic heterocycles. The Labute approximate surface area is 197 Å². The molecule has 1 amide bonds. The number of ketones is 1. The summed E-state index contributed by atoms with van der Waals surface area (Å²) in [6, 6.07) is 16.1. The summed E-state index contributed by atoms with van der Waals surface area (Å²) in [5, 5.41) is 6.50. The first-order valence-electron chi connectivity index (χ1n) is 10.1. The Balaban J connectivity index is 1.70. The van der Waals surface area contributed by atoms with E-state index in [1.54, 1.807) is 47.8 Å². The van der Waals surface area contributed by atoms with Crippen LogP contribution in [0.25, 0.3) is 0 Å². The van der Waals surface area contributed by atoms with Crippen molar-refractivity contribution in [3.05, 3.63) is 88.1 Å². The van der Waals surface area contributed by atoms with Crippen LogP contribution in [0.4, 0.5) is 18.9 Å². The zero-order chi connectivity index (χ0) is 24.6. The number of carbonyl (C=O) groups is 3. The molecule has 0 spiro atoms. The minimum atomic E-state index is -4.62. The number of hydrogen-bond acceptors (Lipinski definition) is 6. The Morgan fingerprint density at radius 3 is 2.41 bits per heavy atom. The number of halogens is 3. The SMILES string of the molecule is O=C(CCC(=O)c1cccs1)OCC(=O)N(N=Cc1ccccc1)c1cccc(C(F)(F)F)c1. The van der Waals surface area contributed by atoms with Gasteiger partial charge in [0, 0.05) is 6.42 Å². The highest BCUT2D eigenvalue weighted by atomic mass is 32.1. The molecule has 0 saturated carbocycles. The number of thiophene rings is 1. The molecule has 176 valence electrons. The van der Waals surface area contributed by atoms with Gasteiger partial charge >= 0.3 is 12.1 Å². The van der Waals surface area contributed by atoms with Crippen molar-refractivity contribution in [2.45, 2.75) is 19.0 Å². The molecule has 34 heavy (non-hydrogen) atoms. The second-order valence-electron chi connectivity index (χ2n) is 6.97. The van der Waals surface area contributed by atoms with E-state index in [0.29, 0.717) is 10.4 Å². The quantitative estimate of drug-likeness (QED) is 0.176. The van der Waals surface area contributed by atoms with Crippen molar-refractivity contribution in [3.8, 4) is 0 Å². The minimum absolute atomic E-state index is 0.0863. The lowest BCUT2D eigenvalue weighted by molar-refractivity contribution is -0.147. The van der Waals surface area contributed by atoms with Crippen molar-refractivity contribution in [1.82, 2.24) is 0 Å². The maximum absolute atomic E-state index is 13.2. The molecule has 1 heterocycles. The van der Waals surface area contributed by atoms with Crippen LogP contribution in [0.5, 0.6) is 0 Å². The van der Waals surface area contributed by atoms with Gasteiger partial charge in [-0.1, -0.05) is 42.5 Å². The largest absolute Gasteiger partial charge is 0.455 e. The van der Waals surface area contributed by atoms with Crippen molar-refractivity contribution in [1.29, 1.82) is 0 Å². The van der Waals surface area contributed by atoms with E-state index < -0.39 is 30.2 Å². The molecule has 0 radical (unpaired) electrons. The Morgan fingerprint density at radius 2 is 1.74 bits per heavy atom. The zero-order valence-electron chi connectivity index (χ0n) is 17.7. The topological polar surface area (TPSA) is 76.0 Å². The minimum Gasteiger partial charge on any atom is -0.455 e. The average molecular weight is 488 g/mol. The van der Waals surface area contributed by atoms with Gasteiger partial charge in [0.2, 0.25) is 0 Å². The van der Waals surface area contributed by atoms with E-state index in [1.165, 1.54) is 23.6 Å². The maximum Gasteiger partial charge on any atom is 0.416 e. The summed E-state index contributed by atoms with van der Waals surface area (Å²) in [5.41, 5.74) is -0.492. The maximum atomic E-state index is 13.2. The molecule has 3 rings (SSSR count). The number of benzene rings is 2. The third-order valence-corrected chi connectivity index (χ3v) is 5.40. The van der Waals surface area contributed by atoms with E-state index in [9.17, 15) is 27.6 Å². The van der Waals surface area contributed by atoms with Crippen molar-refractivity contribution in [2.75, 3.05) is 11.6 Å². The lowest BCUT2D eigenvalue weighted by Crippen LogP contribution is -2.31. The fraction of sp³-hybridized carbons (Fsp3) is 0.167. The van der Waals surface area contributed by atoms with E-state index in [-0.39, 0.29) is 24.3 Å². The molecular formula is C24H19F3N2O4S. The molecule has 0 atom stereocenters. The van der Waals surface area contributed by atoms with E-state index >= 15 is 0 Å². The predicted molar refractivity (Wildman–Crippen MR) is 122 cm³/mol. The van der Waals surface area contributed by atoms with Crippen molar-refractivity contribution >= 4 is 40.9 Å². The average Bonchev–Trinajstić information content (AvgIpc) is 3.37. The number of Topliss-reactive ketones (excluding diaryl/α,β-unsaturated/α-hetero) is 1.